The maximum atomic E-state index is 12.9. The van der Waals surface area contributed by atoms with Crippen molar-refractivity contribution in [3.05, 3.63) is 61.8 Å². The smallest absolute Gasteiger partial charge is 0.277 e. The van der Waals surface area contributed by atoms with Gasteiger partial charge in [-0.15, -0.1) is 21.5 Å². The van der Waals surface area contributed by atoms with Gasteiger partial charge in [0.15, 0.2) is 6.61 Å². The van der Waals surface area contributed by atoms with Gasteiger partial charge >= 0.3 is 0 Å². The van der Waals surface area contributed by atoms with Gasteiger partial charge in [-0.05, 0) is 68.7 Å². The molecular formula is C24H26N4O3S2. The third kappa shape index (κ3) is 4.56. The number of aromatic nitrogens is 4. The lowest BCUT2D eigenvalue weighted by molar-refractivity contribution is 0.250. The van der Waals surface area contributed by atoms with Gasteiger partial charge in [-0.3, -0.25) is 4.79 Å². The molecule has 1 aliphatic rings. The van der Waals surface area contributed by atoms with E-state index in [-0.39, 0.29) is 17.4 Å². The highest BCUT2D eigenvalue weighted by atomic mass is 32.2. The molecule has 1 aliphatic carbocycles. The van der Waals surface area contributed by atoms with E-state index in [0.717, 1.165) is 46.4 Å². The molecule has 0 radical (unpaired) electrons. The first-order valence-corrected chi connectivity index (χ1v) is 12.8. The summed E-state index contributed by atoms with van der Waals surface area (Å²) in [6.07, 6.45) is 3.11. The van der Waals surface area contributed by atoms with Gasteiger partial charge in [0.25, 0.3) is 16.7 Å². The molecule has 172 valence electrons. The van der Waals surface area contributed by atoms with E-state index in [4.69, 9.17) is 14.1 Å². The first-order chi connectivity index (χ1) is 15.9. The fourth-order valence-electron chi connectivity index (χ4n) is 4.11. The molecule has 9 heteroatoms. The van der Waals surface area contributed by atoms with Crippen LogP contribution in [0.1, 0.15) is 58.8 Å². The molecular weight excluding hydrogens is 456 g/mol. The number of H-pyrrole nitrogens is 1. The van der Waals surface area contributed by atoms with E-state index in [9.17, 15) is 4.79 Å². The third-order valence-electron chi connectivity index (χ3n) is 5.99. The van der Waals surface area contributed by atoms with Gasteiger partial charge in [-0.25, -0.2) is 4.98 Å². The Kier molecular flexibility index (Phi) is 6.01. The Bertz CT molecular complexity index is 1370. The summed E-state index contributed by atoms with van der Waals surface area (Å²) < 4.78 is 11.6. The number of thiophene rings is 1. The average molecular weight is 483 g/mol. The van der Waals surface area contributed by atoms with Crippen LogP contribution >= 0.6 is 23.1 Å². The van der Waals surface area contributed by atoms with Gasteiger partial charge in [-0.2, -0.15) is 0 Å². The molecule has 0 aliphatic heterocycles. The van der Waals surface area contributed by atoms with Crippen LogP contribution in [0.25, 0.3) is 10.2 Å². The first kappa shape index (κ1) is 22.2. The van der Waals surface area contributed by atoms with Gasteiger partial charge < -0.3 is 14.1 Å². The molecule has 2 atom stereocenters. The molecule has 2 unspecified atom stereocenters. The van der Waals surface area contributed by atoms with Crippen LogP contribution in [0.4, 0.5) is 0 Å². The van der Waals surface area contributed by atoms with Crippen LogP contribution in [0.15, 0.2) is 32.6 Å². The lowest BCUT2D eigenvalue weighted by Crippen LogP contribution is -2.15. The van der Waals surface area contributed by atoms with Crippen LogP contribution < -0.4 is 10.3 Å². The van der Waals surface area contributed by atoms with E-state index in [1.807, 2.05) is 39.0 Å². The lowest BCUT2D eigenvalue weighted by Gasteiger charge is -2.17. The second-order valence-electron chi connectivity index (χ2n) is 8.76. The monoisotopic (exact) mass is 482 g/mol. The molecule has 3 heterocycles. The minimum atomic E-state index is -0.145. The molecule has 1 N–H and O–H groups in total. The molecule has 0 spiro atoms. The Balaban J connectivity index is 1.30. The van der Waals surface area contributed by atoms with Gasteiger partial charge in [0.05, 0.1) is 10.6 Å². The van der Waals surface area contributed by atoms with E-state index < -0.39 is 0 Å². The van der Waals surface area contributed by atoms with Crippen LogP contribution in [-0.4, -0.2) is 20.2 Å². The number of aromatic amines is 1. The summed E-state index contributed by atoms with van der Waals surface area (Å²) in [6.45, 7) is 8.46. The second kappa shape index (κ2) is 8.95. The van der Waals surface area contributed by atoms with Crippen LogP contribution in [0.5, 0.6) is 5.75 Å². The Morgan fingerprint density at radius 1 is 1.33 bits per heavy atom. The topological polar surface area (TPSA) is 93.9 Å². The van der Waals surface area contributed by atoms with Crippen molar-refractivity contribution >= 4 is 33.3 Å². The minimum absolute atomic E-state index is 0.0531. The highest BCUT2D eigenvalue weighted by Crippen LogP contribution is 2.37. The van der Waals surface area contributed by atoms with Crippen molar-refractivity contribution in [2.24, 2.45) is 5.92 Å². The molecule has 4 aromatic rings. The summed E-state index contributed by atoms with van der Waals surface area (Å²) in [5, 5.41) is 9.27. The van der Waals surface area contributed by atoms with Crippen molar-refractivity contribution in [3.63, 3.8) is 0 Å². The molecule has 3 aromatic heterocycles. The van der Waals surface area contributed by atoms with Crippen LogP contribution in [0.3, 0.4) is 0 Å². The number of nitrogens with one attached hydrogen (secondary N) is 1. The molecule has 1 aromatic carbocycles. The van der Waals surface area contributed by atoms with Gasteiger partial charge in [-0.1, -0.05) is 30.8 Å². The van der Waals surface area contributed by atoms with Crippen LogP contribution in [-0.2, 0) is 19.4 Å². The van der Waals surface area contributed by atoms with E-state index in [1.165, 1.54) is 22.2 Å². The SMILES string of the molecule is Cc1ccc(C)c(OCc2nnc(SC(C)c3nc4sc5c(c4c(=O)[nH]3)CCC(C)C5)o2)c1. The maximum Gasteiger partial charge on any atom is 0.277 e. The second-order valence-corrected chi connectivity index (χ2v) is 11.1. The largest absolute Gasteiger partial charge is 0.484 e. The Hall–Kier alpha value is -2.65. The molecule has 0 bridgehead atoms. The van der Waals surface area contributed by atoms with Crippen LogP contribution in [0, 0.1) is 19.8 Å². The minimum Gasteiger partial charge on any atom is -0.484 e. The number of hydrogen-bond acceptors (Lipinski definition) is 8. The van der Waals surface area contributed by atoms with Gasteiger partial charge in [0.1, 0.15) is 16.4 Å². The number of nitrogens with zero attached hydrogens (tertiary/aromatic N) is 3. The van der Waals surface area contributed by atoms with Gasteiger partial charge in [0.2, 0.25) is 0 Å². The molecule has 0 saturated heterocycles. The molecule has 0 saturated carbocycles. The quantitative estimate of drug-likeness (QED) is 0.361. The van der Waals surface area contributed by atoms with Crippen LogP contribution in [0.2, 0.25) is 0 Å². The fourth-order valence-corrected chi connectivity index (χ4v) is 6.26. The van der Waals surface area contributed by atoms with Crippen molar-refractivity contribution in [3.8, 4) is 5.75 Å². The molecule has 7 nitrogen and oxygen atoms in total. The summed E-state index contributed by atoms with van der Waals surface area (Å²) >= 11 is 3.03. The molecule has 33 heavy (non-hydrogen) atoms. The summed E-state index contributed by atoms with van der Waals surface area (Å²) in [7, 11) is 0. The number of aryl methyl sites for hydroxylation is 3. The summed E-state index contributed by atoms with van der Waals surface area (Å²) in [6, 6.07) is 6.06. The molecule has 0 amide bonds. The number of benzene rings is 1. The molecule has 5 rings (SSSR count). The summed E-state index contributed by atoms with van der Waals surface area (Å²) in [4.78, 5) is 22.8. The standard InChI is InChI=1S/C24H26N4O3S2/c1-12-5-7-14(3)17(9-12)30-11-19-27-28-24(31-19)32-15(4)21-25-22(29)20-16-8-6-13(2)10-18(16)33-23(20)26-21/h5,7,9,13,15H,6,8,10-11H2,1-4H3,(H,25,26,29). The third-order valence-corrected chi connectivity index (χ3v) is 8.08. The molecule has 0 fully saturated rings. The average Bonchev–Trinajstić information content (AvgIpc) is 3.37. The van der Waals surface area contributed by atoms with E-state index >= 15 is 0 Å². The zero-order valence-electron chi connectivity index (χ0n) is 19.1. The Morgan fingerprint density at radius 3 is 3.03 bits per heavy atom. The van der Waals surface area contributed by atoms with E-state index in [1.54, 1.807) is 11.3 Å². The maximum absolute atomic E-state index is 12.9. The zero-order valence-corrected chi connectivity index (χ0v) is 20.7. The normalized spacial score (nSPS) is 16.7. The number of hydrogen-bond donors (Lipinski definition) is 1. The number of rotatable bonds is 6. The van der Waals surface area contributed by atoms with Crippen molar-refractivity contribution < 1.29 is 9.15 Å². The Morgan fingerprint density at radius 2 is 2.18 bits per heavy atom. The number of ether oxygens (including phenoxy) is 1. The Labute approximate surface area is 200 Å². The lowest BCUT2D eigenvalue weighted by atomic mass is 9.89. The predicted molar refractivity (Wildman–Crippen MR) is 130 cm³/mol. The highest BCUT2D eigenvalue weighted by Gasteiger charge is 2.24. The summed E-state index contributed by atoms with van der Waals surface area (Å²) in [5.41, 5.74) is 3.32. The number of thioether (sulfide) groups is 1. The van der Waals surface area contributed by atoms with Crippen molar-refractivity contribution in [1.82, 2.24) is 20.2 Å². The van der Waals surface area contributed by atoms with E-state index in [0.29, 0.717) is 22.9 Å². The first-order valence-electron chi connectivity index (χ1n) is 11.1. The highest BCUT2D eigenvalue weighted by molar-refractivity contribution is 7.99. The van der Waals surface area contributed by atoms with Crippen molar-refractivity contribution in [1.29, 1.82) is 0 Å². The fraction of sp³-hybridized carbons (Fsp3) is 0.417. The zero-order chi connectivity index (χ0) is 23.1. The van der Waals surface area contributed by atoms with E-state index in [2.05, 4.69) is 22.1 Å². The van der Waals surface area contributed by atoms with Crippen molar-refractivity contribution in [2.75, 3.05) is 0 Å². The van der Waals surface area contributed by atoms with Crippen molar-refractivity contribution in [2.45, 2.75) is 64.0 Å². The predicted octanol–water partition coefficient (Wildman–Crippen LogP) is 5.54. The number of fused-ring (bicyclic) bond motifs is 3. The van der Waals surface area contributed by atoms with Gasteiger partial charge in [0, 0.05) is 4.88 Å². The summed E-state index contributed by atoms with van der Waals surface area (Å²) in [5.74, 6) is 2.49.